The van der Waals surface area contributed by atoms with Crippen LogP contribution in [0.15, 0.2) is 0 Å². The lowest BCUT2D eigenvalue weighted by Gasteiger charge is -1.88. The van der Waals surface area contributed by atoms with Crippen molar-refractivity contribution in [1.29, 1.82) is 0 Å². The van der Waals surface area contributed by atoms with Crippen LogP contribution in [0.5, 0.6) is 0 Å². The van der Waals surface area contributed by atoms with E-state index in [2.05, 4.69) is 0 Å². The van der Waals surface area contributed by atoms with E-state index in [4.69, 9.17) is 10.2 Å². The van der Waals surface area contributed by atoms with Gasteiger partial charge in [-0.25, -0.2) is 0 Å². The van der Waals surface area contributed by atoms with E-state index in [1.54, 1.807) is 0 Å². The van der Waals surface area contributed by atoms with Crippen molar-refractivity contribution in [2.75, 3.05) is 0 Å². The van der Waals surface area contributed by atoms with E-state index in [1.807, 2.05) is 0 Å². The molecule has 1 rings (SSSR count). The molecule has 4 heteroatoms. The van der Waals surface area contributed by atoms with E-state index in [0.717, 1.165) is 0 Å². The Kier molecular flexibility index (Phi) is 1.61. The van der Waals surface area contributed by atoms with Crippen molar-refractivity contribution in [3.63, 3.8) is 0 Å². The average molecular weight is 144 g/mol. The van der Waals surface area contributed by atoms with Crippen LogP contribution in [0, 0.1) is 11.8 Å². The van der Waals surface area contributed by atoms with Crippen molar-refractivity contribution >= 4 is 11.9 Å². The standard InChI is InChI=1S/C6H8O4/c7-5(8)2-3-1-4(3)6(9)10/h3-4H,1-2H2,(H,7,8)(H,9,10)/t3-,4?/m1/s1. The number of rotatable bonds is 3. The fourth-order valence-corrected chi connectivity index (χ4v) is 1.000. The summed E-state index contributed by atoms with van der Waals surface area (Å²) in [5, 5.41) is 16.6. The normalized spacial score (nSPS) is 29.6. The molecule has 2 N–H and O–H groups in total. The summed E-state index contributed by atoms with van der Waals surface area (Å²) in [6.45, 7) is 0. The van der Waals surface area contributed by atoms with Gasteiger partial charge in [0.2, 0.25) is 0 Å². The average Bonchev–Trinajstić information content (AvgIpc) is 2.43. The molecule has 56 valence electrons. The number of carboxylic acids is 2. The lowest BCUT2D eigenvalue weighted by Crippen LogP contribution is -2.03. The Bertz CT molecular complexity index is 175. The lowest BCUT2D eigenvalue weighted by atomic mass is 10.2. The molecule has 1 aliphatic rings. The van der Waals surface area contributed by atoms with Crippen molar-refractivity contribution in [3.05, 3.63) is 0 Å². The van der Waals surface area contributed by atoms with Crippen LogP contribution < -0.4 is 0 Å². The molecule has 1 aliphatic carbocycles. The molecule has 1 fully saturated rings. The van der Waals surface area contributed by atoms with E-state index >= 15 is 0 Å². The lowest BCUT2D eigenvalue weighted by molar-refractivity contribution is -0.139. The molecule has 0 bridgehead atoms. The predicted octanol–water partition coefficient (Wildman–Crippen LogP) is 0.182. The zero-order valence-corrected chi connectivity index (χ0v) is 5.28. The number of hydrogen-bond donors (Lipinski definition) is 2. The van der Waals surface area contributed by atoms with Gasteiger partial charge in [0.05, 0.1) is 5.92 Å². The van der Waals surface area contributed by atoms with E-state index in [0.29, 0.717) is 6.42 Å². The second-order valence-electron chi connectivity index (χ2n) is 2.54. The zero-order valence-electron chi connectivity index (χ0n) is 5.28. The van der Waals surface area contributed by atoms with Gasteiger partial charge in [0, 0.05) is 6.42 Å². The highest BCUT2D eigenvalue weighted by atomic mass is 16.4. The largest absolute Gasteiger partial charge is 0.481 e. The van der Waals surface area contributed by atoms with E-state index in [1.165, 1.54) is 0 Å². The summed E-state index contributed by atoms with van der Waals surface area (Å²) >= 11 is 0. The molecule has 1 saturated carbocycles. The van der Waals surface area contributed by atoms with Gasteiger partial charge in [-0.3, -0.25) is 9.59 Å². The molecule has 0 saturated heterocycles. The third-order valence-electron chi connectivity index (χ3n) is 1.68. The van der Waals surface area contributed by atoms with Crippen LogP contribution >= 0.6 is 0 Å². The van der Waals surface area contributed by atoms with Gasteiger partial charge in [-0.2, -0.15) is 0 Å². The van der Waals surface area contributed by atoms with Crippen LogP contribution in [-0.4, -0.2) is 22.2 Å². The smallest absolute Gasteiger partial charge is 0.306 e. The van der Waals surface area contributed by atoms with Gasteiger partial charge in [-0.15, -0.1) is 0 Å². The summed E-state index contributed by atoms with van der Waals surface area (Å²) in [6, 6.07) is 0. The van der Waals surface area contributed by atoms with Crippen molar-refractivity contribution in [2.24, 2.45) is 11.8 Å². The Morgan fingerprint density at radius 1 is 1.40 bits per heavy atom. The zero-order chi connectivity index (χ0) is 7.72. The highest BCUT2D eigenvalue weighted by molar-refractivity contribution is 5.76. The van der Waals surface area contributed by atoms with Crippen molar-refractivity contribution < 1.29 is 19.8 Å². The fraction of sp³-hybridized carbons (Fsp3) is 0.667. The van der Waals surface area contributed by atoms with Crippen LogP contribution in [0.3, 0.4) is 0 Å². The second kappa shape index (κ2) is 2.28. The van der Waals surface area contributed by atoms with Crippen molar-refractivity contribution in [1.82, 2.24) is 0 Å². The molecule has 0 aliphatic heterocycles. The molecular formula is C6H8O4. The minimum absolute atomic E-state index is 0.00301. The SMILES string of the molecule is O=C(O)C[C@H]1CC1C(=O)O. The topological polar surface area (TPSA) is 74.6 Å². The first-order chi connectivity index (χ1) is 4.61. The Balaban J connectivity index is 2.26. The first-order valence-corrected chi connectivity index (χ1v) is 3.06. The predicted molar refractivity (Wildman–Crippen MR) is 31.5 cm³/mol. The third-order valence-corrected chi connectivity index (χ3v) is 1.68. The minimum atomic E-state index is -0.909. The summed E-state index contributed by atoms with van der Waals surface area (Å²) in [6.07, 6.45) is 0.526. The Morgan fingerprint density at radius 2 is 2.00 bits per heavy atom. The van der Waals surface area contributed by atoms with Crippen LogP contribution in [0.25, 0.3) is 0 Å². The first kappa shape index (κ1) is 7.05. The summed E-state index contributed by atoms with van der Waals surface area (Å²) in [7, 11) is 0. The molecular weight excluding hydrogens is 136 g/mol. The second-order valence-corrected chi connectivity index (χ2v) is 2.54. The van der Waals surface area contributed by atoms with Crippen molar-refractivity contribution in [2.45, 2.75) is 12.8 Å². The summed E-state index contributed by atoms with van der Waals surface area (Å²) in [5.41, 5.74) is 0. The van der Waals surface area contributed by atoms with E-state index in [9.17, 15) is 9.59 Å². The molecule has 0 heterocycles. The summed E-state index contributed by atoms with van der Waals surface area (Å²) in [5.74, 6) is -2.29. The van der Waals surface area contributed by atoms with Crippen LogP contribution in [0.1, 0.15) is 12.8 Å². The number of carboxylic acid groups (broad SMARTS) is 2. The fourth-order valence-electron chi connectivity index (χ4n) is 1.000. The molecule has 0 aromatic carbocycles. The molecule has 0 spiro atoms. The number of carbonyl (C=O) groups is 2. The maximum absolute atomic E-state index is 10.2. The molecule has 0 aromatic rings. The van der Waals surface area contributed by atoms with E-state index < -0.39 is 17.9 Å². The monoisotopic (exact) mass is 144 g/mol. The van der Waals surface area contributed by atoms with Gasteiger partial charge in [0.1, 0.15) is 0 Å². The molecule has 0 aromatic heterocycles. The highest BCUT2D eigenvalue weighted by Gasteiger charge is 2.44. The van der Waals surface area contributed by atoms with Gasteiger partial charge in [-0.05, 0) is 12.3 Å². The number of aliphatic carboxylic acids is 2. The van der Waals surface area contributed by atoms with Crippen LogP contribution in [0.2, 0.25) is 0 Å². The quantitative estimate of drug-likeness (QED) is 0.592. The van der Waals surface area contributed by atoms with Crippen molar-refractivity contribution in [3.8, 4) is 0 Å². The molecule has 2 atom stereocenters. The maximum Gasteiger partial charge on any atom is 0.306 e. The Hall–Kier alpha value is -1.06. The maximum atomic E-state index is 10.2. The van der Waals surface area contributed by atoms with Gasteiger partial charge in [0.15, 0.2) is 0 Å². The molecule has 4 nitrogen and oxygen atoms in total. The molecule has 0 amide bonds. The molecule has 0 radical (unpaired) electrons. The molecule has 1 unspecified atom stereocenters. The Morgan fingerprint density at radius 3 is 2.30 bits per heavy atom. The van der Waals surface area contributed by atoms with Gasteiger partial charge in [-0.1, -0.05) is 0 Å². The minimum Gasteiger partial charge on any atom is -0.481 e. The van der Waals surface area contributed by atoms with Gasteiger partial charge >= 0.3 is 11.9 Å². The van der Waals surface area contributed by atoms with Crippen LogP contribution in [-0.2, 0) is 9.59 Å². The van der Waals surface area contributed by atoms with Gasteiger partial charge in [0.25, 0.3) is 0 Å². The Labute approximate surface area is 57.5 Å². The van der Waals surface area contributed by atoms with Gasteiger partial charge < -0.3 is 10.2 Å². The number of hydrogen-bond acceptors (Lipinski definition) is 2. The molecule has 10 heavy (non-hydrogen) atoms. The first-order valence-electron chi connectivity index (χ1n) is 3.06. The summed E-state index contributed by atoms with van der Waals surface area (Å²) < 4.78 is 0. The van der Waals surface area contributed by atoms with Crippen LogP contribution in [0.4, 0.5) is 0 Å². The third kappa shape index (κ3) is 1.46. The highest BCUT2D eigenvalue weighted by Crippen LogP contribution is 2.41. The van der Waals surface area contributed by atoms with E-state index in [-0.39, 0.29) is 12.3 Å². The summed E-state index contributed by atoms with van der Waals surface area (Å²) in [4.78, 5) is 20.2.